The van der Waals surface area contributed by atoms with Crippen molar-refractivity contribution in [3.63, 3.8) is 0 Å². The lowest BCUT2D eigenvalue weighted by Crippen LogP contribution is -2.14. The molecule has 0 fully saturated rings. The van der Waals surface area contributed by atoms with Gasteiger partial charge in [-0.25, -0.2) is 0 Å². The van der Waals surface area contributed by atoms with Gasteiger partial charge in [0.1, 0.15) is 22.3 Å². The molecule has 0 unspecified atom stereocenters. The summed E-state index contributed by atoms with van der Waals surface area (Å²) < 4.78 is 29.8. The van der Waals surface area contributed by atoms with Gasteiger partial charge in [0.25, 0.3) is 11.6 Å². The molecule has 0 atom stereocenters. The molecule has 3 aromatic rings. The Morgan fingerprint density at radius 2 is 1.76 bits per heavy atom. The second kappa shape index (κ2) is 10.2. The first kappa shape index (κ1) is 24.4. The van der Waals surface area contributed by atoms with Crippen molar-refractivity contribution in [3.05, 3.63) is 98.6 Å². The van der Waals surface area contributed by atoms with Gasteiger partial charge in [-0.3, -0.25) is 14.9 Å². The van der Waals surface area contributed by atoms with Crippen molar-refractivity contribution >= 4 is 45.1 Å². The number of benzene rings is 3. The maximum atomic E-state index is 12.5. The number of carbonyl (C=O) groups excluding carboxylic acids is 1. The van der Waals surface area contributed by atoms with Crippen molar-refractivity contribution in [1.82, 2.24) is 0 Å². The van der Waals surface area contributed by atoms with Gasteiger partial charge >= 0.3 is 10.1 Å². The number of nitro benzene ring substituents is 1. The van der Waals surface area contributed by atoms with Crippen molar-refractivity contribution in [2.75, 3.05) is 5.32 Å². The van der Waals surface area contributed by atoms with E-state index >= 15 is 0 Å². The van der Waals surface area contributed by atoms with E-state index in [1.54, 1.807) is 25.1 Å². The number of nitrogens with zero attached hydrogens (tertiary/aromatic N) is 2. The zero-order valence-corrected chi connectivity index (χ0v) is 19.1. The molecule has 0 saturated carbocycles. The first-order valence-electron chi connectivity index (χ1n) is 9.58. The van der Waals surface area contributed by atoms with E-state index in [1.807, 2.05) is 6.07 Å². The molecule has 1 amide bonds. The molecule has 0 spiro atoms. The van der Waals surface area contributed by atoms with E-state index in [-0.39, 0.29) is 21.9 Å². The van der Waals surface area contributed by atoms with Crippen LogP contribution in [0.25, 0.3) is 6.08 Å². The van der Waals surface area contributed by atoms with Crippen molar-refractivity contribution in [3.8, 4) is 11.8 Å². The molecule has 3 aromatic carbocycles. The third-order valence-corrected chi connectivity index (χ3v) is 6.14. The molecule has 0 aliphatic rings. The largest absolute Gasteiger partial charge is 0.379 e. The molecule has 34 heavy (non-hydrogen) atoms. The van der Waals surface area contributed by atoms with Crippen LogP contribution < -0.4 is 9.50 Å². The summed E-state index contributed by atoms with van der Waals surface area (Å²) in [5.74, 6) is -0.676. The Kier molecular flexibility index (Phi) is 7.31. The Bertz CT molecular complexity index is 1410. The third-order valence-electron chi connectivity index (χ3n) is 4.56. The third kappa shape index (κ3) is 5.78. The van der Waals surface area contributed by atoms with Gasteiger partial charge < -0.3 is 9.50 Å². The second-order valence-corrected chi connectivity index (χ2v) is 8.87. The first-order chi connectivity index (χ1) is 16.1. The number of non-ortho nitro benzene ring substituents is 1. The molecule has 11 heteroatoms. The molecule has 0 aliphatic carbocycles. The number of hydrogen-bond donors (Lipinski definition) is 1. The number of amides is 1. The second-order valence-electron chi connectivity index (χ2n) is 6.91. The van der Waals surface area contributed by atoms with E-state index in [0.29, 0.717) is 16.3 Å². The predicted octanol–water partition coefficient (Wildman–Crippen LogP) is 4.87. The zero-order valence-electron chi connectivity index (χ0n) is 17.6. The Labute approximate surface area is 200 Å². The van der Waals surface area contributed by atoms with Crippen LogP contribution in [-0.4, -0.2) is 19.2 Å². The number of para-hydroxylation sites is 1. The lowest BCUT2D eigenvalue weighted by atomic mass is 10.1. The van der Waals surface area contributed by atoms with Crippen LogP contribution >= 0.6 is 11.6 Å². The van der Waals surface area contributed by atoms with Crippen LogP contribution in [0.3, 0.4) is 0 Å². The smallest absolute Gasteiger partial charge is 0.339 e. The number of rotatable bonds is 7. The molecule has 0 radical (unpaired) electrons. The van der Waals surface area contributed by atoms with E-state index in [1.165, 1.54) is 30.3 Å². The molecule has 3 rings (SSSR count). The fraction of sp³-hybridized carbons (Fsp3) is 0.0435. The molecule has 0 bridgehead atoms. The highest BCUT2D eigenvalue weighted by molar-refractivity contribution is 7.87. The summed E-state index contributed by atoms with van der Waals surface area (Å²) in [5, 5.41) is 23.1. The number of nitro groups is 1. The summed E-state index contributed by atoms with van der Waals surface area (Å²) in [5.41, 5.74) is 1.13. The van der Waals surface area contributed by atoms with Gasteiger partial charge in [-0.2, -0.15) is 13.7 Å². The molecule has 1 N–H and O–H groups in total. The standard InChI is InChI=1S/C23H16ClN3O6S/c1-15-3-2-4-21(24)22(15)26-23(28)17(14-25)13-16-5-9-19(10-6-16)33-34(31,32)20-11-7-18(8-12-20)27(29)30/h2-13H,1H3,(H,26,28)/b17-13+. The highest BCUT2D eigenvalue weighted by atomic mass is 35.5. The van der Waals surface area contributed by atoms with Gasteiger partial charge in [-0.1, -0.05) is 35.9 Å². The van der Waals surface area contributed by atoms with E-state index < -0.39 is 20.9 Å². The summed E-state index contributed by atoms with van der Waals surface area (Å²) in [6.45, 7) is 1.76. The molecule has 172 valence electrons. The van der Waals surface area contributed by atoms with Crippen LogP contribution in [0.15, 0.2) is 77.2 Å². The van der Waals surface area contributed by atoms with Gasteiger partial charge in [-0.05, 0) is 54.5 Å². The van der Waals surface area contributed by atoms with Crippen molar-refractivity contribution in [2.45, 2.75) is 11.8 Å². The summed E-state index contributed by atoms with van der Waals surface area (Å²) in [6, 6.07) is 16.8. The zero-order chi connectivity index (χ0) is 24.9. The maximum absolute atomic E-state index is 12.5. The van der Waals surface area contributed by atoms with Gasteiger partial charge in [0.15, 0.2) is 0 Å². The quantitative estimate of drug-likeness (QED) is 0.161. The Morgan fingerprint density at radius 1 is 1.12 bits per heavy atom. The van der Waals surface area contributed by atoms with Crippen molar-refractivity contribution < 1.29 is 22.3 Å². The Morgan fingerprint density at radius 3 is 2.32 bits per heavy atom. The average Bonchev–Trinajstić information content (AvgIpc) is 2.80. The summed E-state index contributed by atoms with van der Waals surface area (Å²) in [7, 11) is -4.22. The first-order valence-corrected chi connectivity index (χ1v) is 11.4. The maximum Gasteiger partial charge on any atom is 0.339 e. The lowest BCUT2D eigenvalue weighted by molar-refractivity contribution is -0.384. The van der Waals surface area contributed by atoms with Crippen LogP contribution in [0.2, 0.25) is 5.02 Å². The number of nitrogens with one attached hydrogen (secondary N) is 1. The number of nitriles is 1. The minimum absolute atomic E-state index is 0.0230. The molecule has 0 heterocycles. The summed E-state index contributed by atoms with van der Waals surface area (Å²) in [6.07, 6.45) is 1.33. The molecule has 9 nitrogen and oxygen atoms in total. The van der Waals surface area contributed by atoms with E-state index in [2.05, 4.69) is 5.32 Å². The van der Waals surface area contributed by atoms with Gasteiger partial charge in [0, 0.05) is 12.1 Å². The van der Waals surface area contributed by atoms with Crippen LogP contribution in [0.1, 0.15) is 11.1 Å². The highest BCUT2D eigenvalue weighted by Crippen LogP contribution is 2.26. The van der Waals surface area contributed by atoms with Crippen LogP contribution in [0.4, 0.5) is 11.4 Å². The van der Waals surface area contributed by atoms with Crippen LogP contribution in [0.5, 0.6) is 5.75 Å². The van der Waals surface area contributed by atoms with Crippen molar-refractivity contribution in [1.29, 1.82) is 5.26 Å². The fourth-order valence-electron chi connectivity index (χ4n) is 2.82. The normalized spacial score (nSPS) is 11.4. The van der Waals surface area contributed by atoms with Crippen molar-refractivity contribution in [2.24, 2.45) is 0 Å². The highest BCUT2D eigenvalue weighted by Gasteiger charge is 2.18. The molecular formula is C23H16ClN3O6S. The van der Waals surface area contributed by atoms with Crippen LogP contribution in [-0.2, 0) is 14.9 Å². The van der Waals surface area contributed by atoms with E-state index in [0.717, 1.165) is 29.8 Å². The Balaban J connectivity index is 1.75. The number of aryl methyl sites for hydroxylation is 1. The number of hydrogen-bond acceptors (Lipinski definition) is 7. The number of halogens is 1. The summed E-state index contributed by atoms with van der Waals surface area (Å²) in [4.78, 5) is 22.3. The monoisotopic (exact) mass is 497 g/mol. The lowest BCUT2D eigenvalue weighted by Gasteiger charge is -2.10. The van der Waals surface area contributed by atoms with Gasteiger partial charge in [0.05, 0.1) is 15.6 Å². The number of anilines is 1. The van der Waals surface area contributed by atoms with E-state index in [9.17, 15) is 28.6 Å². The molecular weight excluding hydrogens is 482 g/mol. The molecule has 0 aliphatic heterocycles. The fourth-order valence-corrected chi connectivity index (χ4v) is 4.01. The topological polar surface area (TPSA) is 139 Å². The Hall–Kier alpha value is -4.20. The summed E-state index contributed by atoms with van der Waals surface area (Å²) >= 11 is 6.11. The van der Waals surface area contributed by atoms with Gasteiger partial charge in [0.2, 0.25) is 0 Å². The molecule has 0 saturated heterocycles. The SMILES string of the molecule is Cc1cccc(Cl)c1NC(=O)/C(C#N)=C/c1ccc(OS(=O)(=O)c2ccc([N+](=O)[O-])cc2)cc1. The minimum atomic E-state index is -4.22. The molecule has 0 aromatic heterocycles. The van der Waals surface area contributed by atoms with Gasteiger partial charge in [-0.15, -0.1) is 0 Å². The van der Waals surface area contributed by atoms with Crippen LogP contribution in [0, 0.1) is 28.4 Å². The predicted molar refractivity (Wildman–Crippen MR) is 126 cm³/mol. The number of carbonyl (C=O) groups is 1. The van der Waals surface area contributed by atoms with E-state index in [4.69, 9.17) is 15.8 Å². The minimum Gasteiger partial charge on any atom is -0.379 e. The average molecular weight is 498 g/mol.